The molecule has 0 amide bonds. The highest BCUT2D eigenvalue weighted by Gasteiger charge is 2.16. The van der Waals surface area contributed by atoms with E-state index in [1.807, 2.05) is 36.4 Å². The molecule has 0 aliphatic heterocycles. The number of guanidine groups is 1. The van der Waals surface area contributed by atoms with Crippen molar-refractivity contribution in [2.24, 2.45) is 10.7 Å². The van der Waals surface area contributed by atoms with E-state index in [0.29, 0.717) is 48.0 Å². The highest BCUT2D eigenvalue weighted by atomic mass is 127. The zero-order chi connectivity index (χ0) is 22.2. The summed E-state index contributed by atoms with van der Waals surface area (Å²) in [4.78, 5) is 4.34. The summed E-state index contributed by atoms with van der Waals surface area (Å²) >= 11 is 0. The Kier molecular flexibility index (Phi) is 9.15. The van der Waals surface area contributed by atoms with Gasteiger partial charge in [0.2, 0.25) is 0 Å². The van der Waals surface area contributed by atoms with Crippen molar-refractivity contribution in [2.75, 3.05) is 31.8 Å². The number of nitrogens with one attached hydrogen (secondary N) is 1. The molecule has 0 saturated heterocycles. The number of anilines is 2. The van der Waals surface area contributed by atoms with Gasteiger partial charge in [-0.25, -0.2) is 4.68 Å². The largest absolute Gasteiger partial charge is 0.493 e. The third-order valence-corrected chi connectivity index (χ3v) is 4.62. The fraction of sp³-hybridized carbons (Fsp3) is 0.227. The lowest BCUT2D eigenvalue weighted by Gasteiger charge is -2.10. The zero-order valence-electron chi connectivity index (χ0n) is 17.9. The standard InChI is InChI=1S/C22H25N7O2.HI/c1-30-19-11-10-15(13-20(19)31-2)27-22(25)26-12-6-9-18-17(14-23)21(24)29(28-18)16-7-4-3-5-8-16;/h3-5,7-8,10-11,13H,6,9,12,24H2,1-2H3,(H3,25,26,27);1H. The Hall–Kier alpha value is -3.46. The van der Waals surface area contributed by atoms with Crippen LogP contribution in [0.1, 0.15) is 17.7 Å². The molecule has 0 unspecified atom stereocenters. The normalized spacial score (nSPS) is 10.7. The summed E-state index contributed by atoms with van der Waals surface area (Å²) in [6, 6.07) is 17.0. The van der Waals surface area contributed by atoms with Crippen LogP contribution in [0.15, 0.2) is 53.5 Å². The van der Waals surface area contributed by atoms with Crippen LogP contribution in [0, 0.1) is 11.3 Å². The van der Waals surface area contributed by atoms with E-state index in [-0.39, 0.29) is 29.9 Å². The number of nitrogen functional groups attached to an aromatic ring is 1. The number of nitrogens with two attached hydrogens (primary N) is 2. The lowest BCUT2D eigenvalue weighted by Crippen LogP contribution is -2.23. The van der Waals surface area contributed by atoms with Gasteiger partial charge >= 0.3 is 0 Å². The first-order chi connectivity index (χ1) is 15.1. The van der Waals surface area contributed by atoms with E-state index in [9.17, 15) is 5.26 Å². The number of hydrogen-bond donors (Lipinski definition) is 3. The fourth-order valence-electron chi connectivity index (χ4n) is 3.09. The molecule has 9 nitrogen and oxygen atoms in total. The molecule has 5 N–H and O–H groups in total. The number of hydrogen-bond acceptors (Lipinski definition) is 6. The molecule has 0 atom stereocenters. The van der Waals surface area contributed by atoms with Crippen LogP contribution in [0.2, 0.25) is 0 Å². The van der Waals surface area contributed by atoms with Gasteiger partial charge < -0.3 is 26.3 Å². The predicted octanol–water partition coefficient (Wildman–Crippen LogP) is 3.32. The number of aromatic nitrogens is 2. The van der Waals surface area contributed by atoms with Crippen molar-refractivity contribution in [1.82, 2.24) is 9.78 Å². The first kappa shape index (κ1) is 24.8. The lowest BCUT2D eigenvalue weighted by molar-refractivity contribution is 0.355. The Morgan fingerprint density at radius 1 is 1.16 bits per heavy atom. The molecule has 3 aromatic rings. The highest BCUT2D eigenvalue weighted by Crippen LogP contribution is 2.29. The Labute approximate surface area is 204 Å². The van der Waals surface area contributed by atoms with Crippen molar-refractivity contribution in [3.63, 3.8) is 0 Å². The average Bonchev–Trinajstić information content (AvgIpc) is 3.12. The Bertz CT molecular complexity index is 1110. The van der Waals surface area contributed by atoms with Gasteiger partial charge in [-0.05, 0) is 37.1 Å². The van der Waals surface area contributed by atoms with Crippen LogP contribution in [0.5, 0.6) is 11.5 Å². The number of benzene rings is 2. The number of para-hydroxylation sites is 1. The van der Waals surface area contributed by atoms with Crippen molar-refractivity contribution >= 4 is 41.4 Å². The fourth-order valence-corrected chi connectivity index (χ4v) is 3.09. The first-order valence-corrected chi connectivity index (χ1v) is 9.69. The number of aliphatic imine (C=N–C) groups is 1. The highest BCUT2D eigenvalue weighted by molar-refractivity contribution is 14.0. The van der Waals surface area contributed by atoms with E-state index in [2.05, 4.69) is 21.5 Å². The number of rotatable bonds is 8. The number of ether oxygens (including phenoxy) is 2. The molecule has 0 fully saturated rings. The Morgan fingerprint density at radius 2 is 1.88 bits per heavy atom. The van der Waals surface area contributed by atoms with Crippen molar-refractivity contribution in [3.05, 3.63) is 59.8 Å². The molecule has 0 aliphatic carbocycles. The summed E-state index contributed by atoms with van der Waals surface area (Å²) in [5.41, 5.74) is 14.7. The summed E-state index contributed by atoms with van der Waals surface area (Å²) < 4.78 is 12.1. The maximum atomic E-state index is 9.49. The van der Waals surface area contributed by atoms with Gasteiger partial charge in [0.25, 0.3) is 0 Å². The van der Waals surface area contributed by atoms with Crippen LogP contribution in [-0.4, -0.2) is 36.5 Å². The van der Waals surface area contributed by atoms with Gasteiger partial charge in [-0.1, -0.05) is 18.2 Å². The van der Waals surface area contributed by atoms with Gasteiger partial charge in [-0.3, -0.25) is 4.99 Å². The molecule has 0 saturated carbocycles. The van der Waals surface area contributed by atoms with Crippen molar-refractivity contribution < 1.29 is 9.47 Å². The molecular formula is C22H26IN7O2. The second-order valence-corrected chi connectivity index (χ2v) is 6.63. The molecule has 2 aromatic carbocycles. The molecule has 3 rings (SSSR count). The summed E-state index contributed by atoms with van der Waals surface area (Å²) in [6.07, 6.45) is 1.22. The molecule has 10 heteroatoms. The maximum Gasteiger partial charge on any atom is 0.193 e. The molecule has 168 valence electrons. The van der Waals surface area contributed by atoms with Gasteiger partial charge in [-0.2, -0.15) is 10.4 Å². The predicted molar refractivity (Wildman–Crippen MR) is 136 cm³/mol. The number of methoxy groups -OCH3 is 2. The topological polar surface area (TPSA) is 136 Å². The summed E-state index contributed by atoms with van der Waals surface area (Å²) in [7, 11) is 3.15. The minimum atomic E-state index is 0. The third kappa shape index (κ3) is 5.82. The molecule has 1 heterocycles. The molecular weight excluding hydrogens is 521 g/mol. The van der Waals surface area contributed by atoms with Crippen LogP contribution in [-0.2, 0) is 6.42 Å². The summed E-state index contributed by atoms with van der Waals surface area (Å²) in [5.74, 6) is 1.84. The number of nitriles is 1. The van der Waals surface area contributed by atoms with Gasteiger partial charge in [0, 0.05) is 18.3 Å². The van der Waals surface area contributed by atoms with Crippen molar-refractivity contribution in [2.45, 2.75) is 12.8 Å². The SMILES string of the molecule is COc1ccc(NC(N)=NCCCc2nn(-c3ccccc3)c(N)c2C#N)cc1OC.I. The van der Waals surface area contributed by atoms with E-state index < -0.39 is 0 Å². The van der Waals surface area contributed by atoms with Gasteiger partial charge in [0.05, 0.1) is 25.6 Å². The third-order valence-electron chi connectivity index (χ3n) is 4.62. The molecule has 0 radical (unpaired) electrons. The summed E-state index contributed by atoms with van der Waals surface area (Å²) in [6.45, 7) is 0.467. The molecule has 0 spiro atoms. The number of nitrogens with zero attached hydrogens (tertiary/aromatic N) is 4. The van der Waals surface area contributed by atoms with Crippen LogP contribution >= 0.6 is 24.0 Å². The van der Waals surface area contributed by atoms with E-state index in [1.54, 1.807) is 31.0 Å². The van der Waals surface area contributed by atoms with E-state index in [1.165, 1.54) is 0 Å². The minimum absolute atomic E-state index is 0. The smallest absolute Gasteiger partial charge is 0.193 e. The van der Waals surface area contributed by atoms with Crippen molar-refractivity contribution in [3.8, 4) is 23.3 Å². The molecule has 0 bridgehead atoms. The monoisotopic (exact) mass is 547 g/mol. The van der Waals surface area contributed by atoms with Gasteiger partial charge in [0.15, 0.2) is 17.5 Å². The molecule has 0 aliphatic rings. The summed E-state index contributed by atoms with van der Waals surface area (Å²) in [5, 5.41) is 17.0. The van der Waals surface area contributed by atoms with Crippen LogP contribution < -0.4 is 26.3 Å². The van der Waals surface area contributed by atoms with E-state index >= 15 is 0 Å². The second kappa shape index (κ2) is 11.8. The van der Waals surface area contributed by atoms with Crippen molar-refractivity contribution in [1.29, 1.82) is 5.26 Å². The lowest BCUT2D eigenvalue weighted by atomic mass is 10.1. The number of aryl methyl sites for hydroxylation is 1. The average molecular weight is 547 g/mol. The van der Waals surface area contributed by atoms with Crippen LogP contribution in [0.4, 0.5) is 11.5 Å². The van der Waals surface area contributed by atoms with E-state index in [0.717, 1.165) is 11.4 Å². The van der Waals surface area contributed by atoms with Gasteiger partial charge in [-0.15, -0.1) is 24.0 Å². The second-order valence-electron chi connectivity index (χ2n) is 6.63. The minimum Gasteiger partial charge on any atom is -0.493 e. The zero-order valence-corrected chi connectivity index (χ0v) is 20.2. The van der Waals surface area contributed by atoms with Gasteiger partial charge in [0.1, 0.15) is 17.5 Å². The molecule has 32 heavy (non-hydrogen) atoms. The van der Waals surface area contributed by atoms with Crippen LogP contribution in [0.25, 0.3) is 5.69 Å². The maximum absolute atomic E-state index is 9.49. The van der Waals surface area contributed by atoms with Crippen LogP contribution in [0.3, 0.4) is 0 Å². The Morgan fingerprint density at radius 3 is 2.53 bits per heavy atom. The van der Waals surface area contributed by atoms with E-state index in [4.69, 9.17) is 20.9 Å². The molecule has 1 aromatic heterocycles. The quantitative estimate of drug-likeness (QED) is 0.170. The first-order valence-electron chi connectivity index (χ1n) is 9.69. The number of halogens is 1. The Balaban J connectivity index is 0.00000363.